The minimum absolute atomic E-state index is 0.357. The normalized spacial score (nSPS) is 20.3. The van der Waals surface area contributed by atoms with Crippen LogP contribution >= 0.6 is 31.9 Å². The van der Waals surface area contributed by atoms with Crippen molar-refractivity contribution >= 4 is 67.1 Å². The topological polar surface area (TPSA) is 6.48 Å². The van der Waals surface area contributed by atoms with Crippen LogP contribution in [0.15, 0.2) is 45.3 Å². The molecule has 132 valence electrons. The molecule has 1 unspecified atom stereocenters. The number of nitrogens with zero attached hydrogens (tertiary/aromatic N) is 2. The Balaban J connectivity index is 1.64. The summed E-state index contributed by atoms with van der Waals surface area (Å²) < 4.78 is 5.31. The summed E-state index contributed by atoms with van der Waals surface area (Å²) >= 11 is 7.66. The summed E-state index contributed by atoms with van der Waals surface area (Å²) in [5.74, 6) is 0. The fraction of sp³-hybridized carbons (Fsp3) is 0.400. The monoisotopic (exact) mass is 528 g/mol. The predicted octanol–water partition coefficient (Wildman–Crippen LogP) is 4.19. The zero-order valence-corrected chi connectivity index (χ0v) is 19.2. The molecule has 0 aromatic heterocycles. The van der Waals surface area contributed by atoms with Gasteiger partial charge in [0.2, 0.25) is 0 Å². The Morgan fingerprint density at radius 1 is 1.00 bits per heavy atom. The van der Waals surface area contributed by atoms with E-state index < -0.39 is 0 Å². The van der Waals surface area contributed by atoms with Gasteiger partial charge in [-0.3, -0.25) is 0 Å². The number of piperidine rings is 1. The Kier molecular flexibility index (Phi) is 5.59. The SMILES string of the molecule is CN1CCCCC1CCN1c2ccc(Br)cc2[Se]c2cc(Br)ccc21. The third-order valence-electron chi connectivity index (χ3n) is 5.25. The van der Waals surface area contributed by atoms with Gasteiger partial charge >= 0.3 is 174 Å². The first-order valence-corrected chi connectivity index (χ1v) is 12.2. The number of likely N-dealkylation sites (tertiary alicyclic amines) is 1. The Bertz CT molecular complexity index is 729. The van der Waals surface area contributed by atoms with E-state index in [9.17, 15) is 0 Å². The molecule has 0 bridgehead atoms. The number of hydrogen-bond donors (Lipinski definition) is 0. The fourth-order valence-electron chi connectivity index (χ4n) is 3.86. The van der Waals surface area contributed by atoms with Crippen molar-refractivity contribution in [1.82, 2.24) is 4.90 Å². The Morgan fingerprint density at radius 3 is 2.24 bits per heavy atom. The predicted molar refractivity (Wildman–Crippen MR) is 115 cm³/mol. The first-order valence-electron chi connectivity index (χ1n) is 8.86. The summed E-state index contributed by atoms with van der Waals surface area (Å²) in [6.45, 7) is 2.34. The molecule has 0 radical (unpaired) electrons. The third kappa shape index (κ3) is 3.86. The molecule has 5 heteroatoms. The molecule has 0 N–H and O–H groups in total. The van der Waals surface area contributed by atoms with Crippen molar-refractivity contribution in [1.29, 1.82) is 0 Å². The number of benzene rings is 2. The number of fused-ring (bicyclic) bond motifs is 2. The molecular weight excluding hydrogens is 507 g/mol. The second kappa shape index (κ2) is 7.74. The molecule has 2 aliphatic heterocycles. The van der Waals surface area contributed by atoms with Crippen LogP contribution in [0, 0.1) is 0 Å². The summed E-state index contributed by atoms with van der Waals surface area (Å²) in [4.78, 5) is 5.11. The van der Waals surface area contributed by atoms with E-state index >= 15 is 0 Å². The average molecular weight is 529 g/mol. The molecule has 25 heavy (non-hydrogen) atoms. The van der Waals surface area contributed by atoms with Gasteiger partial charge in [0.15, 0.2) is 0 Å². The molecule has 0 saturated carbocycles. The van der Waals surface area contributed by atoms with Crippen molar-refractivity contribution in [3.05, 3.63) is 45.3 Å². The van der Waals surface area contributed by atoms with Crippen molar-refractivity contribution in [2.45, 2.75) is 31.7 Å². The number of hydrogen-bond acceptors (Lipinski definition) is 2. The fourth-order valence-corrected chi connectivity index (χ4v) is 7.73. The summed E-state index contributed by atoms with van der Waals surface area (Å²) in [5, 5.41) is 0. The molecule has 4 rings (SSSR count). The Hall–Kier alpha value is -0.321. The van der Waals surface area contributed by atoms with Crippen molar-refractivity contribution in [3.8, 4) is 0 Å². The second-order valence-corrected chi connectivity index (χ2v) is 11.0. The molecule has 1 saturated heterocycles. The van der Waals surface area contributed by atoms with Crippen LogP contribution in [0.5, 0.6) is 0 Å². The van der Waals surface area contributed by atoms with Gasteiger partial charge < -0.3 is 0 Å². The van der Waals surface area contributed by atoms with Crippen LogP contribution in [0.2, 0.25) is 0 Å². The molecular formula is C20H22Br2N2Se. The second-order valence-electron chi connectivity index (χ2n) is 6.90. The first-order chi connectivity index (χ1) is 12.1. The standard InChI is InChI=1S/C20H22Br2N2Se/c1-23-10-3-2-4-16(23)9-11-24-17-7-5-14(21)12-19(17)25-20-13-15(22)6-8-18(20)24/h5-8,12-13,16H,2-4,9-11H2,1H3. The molecule has 2 aromatic rings. The molecule has 2 aliphatic rings. The van der Waals surface area contributed by atoms with Crippen LogP contribution < -0.4 is 13.8 Å². The van der Waals surface area contributed by atoms with E-state index in [2.05, 4.69) is 85.1 Å². The van der Waals surface area contributed by atoms with Gasteiger partial charge in [-0.15, -0.1) is 0 Å². The van der Waals surface area contributed by atoms with Gasteiger partial charge in [0.1, 0.15) is 0 Å². The summed E-state index contributed by atoms with van der Waals surface area (Å²) in [7, 11) is 2.29. The van der Waals surface area contributed by atoms with Gasteiger partial charge in [-0.2, -0.15) is 0 Å². The van der Waals surface area contributed by atoms with Crippen molar-refractivity contribution in [2.24, 2.45) is 0 Å². The molecule has 0 aliphatic carbocycles. The third-order valence-corrected chi connectivity index (χ3v) is 8.53. The van der Waals surface area contributed by atoms with Gasteiger partial charge in [0.25, 0.3) is 0 Å². The number of anilines is 2. The molecule has 2 nitrogen and oxygen atoms in total. The molecule has 2 heterocycles. The van der Waals surface area contributed by atoms with E-state index in [1.165, 1.54) is 61.5 Å². The minimum atomic E-state index is 0.357. The summed E-state index contributed by atoms with van der Waals surface area (Å²) in [6, 6.07) is 14.3. The van der Waals surface area contributed by atoms with Gasteiger partial charge in [-0.1, -0.05) is 0 Å². The maximum absolute atomic E-state index is 3.65. The summed E-state index contributed by atoms with van der Waals surface area (Å²) in [5.41, 5.74) is 2.80. The van der Waals surface area contributed by atoms with Crippen LogP contribution in [0.3, 0.4) is 0 Å². The zero-order chi connectivity index (χ0) is 17.4. The van der Waals surface area contributed by atoms with Crippen molar-refractivity contribution in [3.63, 3.8) is 0 Å². The van der Waals surface area contributed by atoms with Gasteiger partial charge in [0.05, 0.1) is 0 Å². The van der Waals surface area contributed by atoms with Gasteiger partial charge in [-0.25, -0.2) is 0 Å². The van der Waals surface area contributed by atoms with E-state index in [1.54, 1.807) is 0 Å². The molecule has 0 spiro atoms. The zero-order valence-electron chi connectivity index (χ0n) is 14.3. The maximum atomic E-state index is 3.65. The molecule has 2 aromatic carbocycles. The Labute approximate surface area is 173 Å². The van der Waals surface area contributed by atoms with Crippen LogP contribution in [0.1, 0.15) is 25.7 Å². The van der Waals surface area contributed by atoms with E-state index in [4.69, 9.17) is 0 Å². The van der Waals surface area contributed by atoms with Crippen LogP contribution in [-0.4, -0.2) is 46.0 Å². The molecule has 1 fully saturated rings. The quantitative estimate of drug-likeness (QED) is 0.551. The van der Waals surface area contributed by atoms with E-state index in [0.717, 1.165) is 12.6 Å². The van der Waals surface area contributed by atoms with Crippen LogP contribution in [0.4, 0.5) is 11.4 Å². The van der Waals surface area contributed by atoms with Crippen LogP contribution in [0.25, 0.3) is 0 Å². The number of rotatable bonds is 3. The average Bonchev–Trinajstić information content (AvgIpc) is 2.59. The van der Waals surface area contributed by atoms with E-state index in [1.807, 2.05) is 0 Å². The van der Waals surface area contributed by atoms with Crippen LogP contribution in [-0.2, 0) is 0 Å². The van der Waals surface area contributed by atoms with E-state index in [-0.39, 0.29) is 0 Å². The first kappa shape index (κ1) is 18.1. The summed E-state index contributed by atoms with van der Waals surface area (Å²) in [6.07, 6.45) is 5.31. The van der Waals surface area contributed by atoms with Gasteiger partial charge in [-0.05, 0) is 0 Å². The van der Waals surface area contributed by atoms with Crippen molar-refractivity contribution in [2.75, 3.05) is 25.0 Å². The van der Waals surface area contributed by atoms with Crippen molar-refractivity contribution < 1.29 is 0 Å². The van der Waals surface area contributed by atoms with E-state index in [0.29, 0.717) is 15.0 Å². The molecule has 1 atom stereocenters. The van der Waals surface area contributed by atoms with Gasteiger partial charge in [0, 0.05) is 0 Å². The number of halogens is 2. The Morgan fingerprint density at radius 2 is 1.64 bits per heavy atom. The molecule has 0 amide bonds.